The minimum atomic E-state index is -1.48. The molecule has 1 aromatic heterocycles. The number of nitrogens with zero attached hydrogens (tertiary/aromatic N) is 1. The van der Waals surface area contributed by atoms with Crippen molar-refractivity contribution >= 4 is 16.7 Å². The van der Waals surface area contributed by atoms with Crippen molar-refractivity contribution in [2.75, 3.05) is 11.9 Å². The quantitative estimate of drug-likeness (QED) is 0.847. The molecule has 0 bridgehead atoms. The number of nitrogens with one attached hydrogen (secondary N) is 1. The van der Waals surface area contributed by atoms with E-state index in [0.717, 1.165) is 18.1 Å². The lowest BCUT2D eigenvalue weighted by Gasteiger charge is -2.11. The Morgan fingerprint density at radius 2 is 1.84 bits per heavy atom. The number of pyridine rings is 1. The minimum Gasteiger partial charge on any atom is -0.370 e. The third kappa shape index (κ3) is 2.50. The van der Waals surface area contributed by atoms with Gasteiger partial charge in [-0.15, -0.1) is 0 Å². The van der Waals surface area contributed by atoms with E-state index in [0.29, 0.717) is 18.8 Å². The lowest BCUT2D eigenvalue weighted by Crippen LogP contribution is -2.06. The second-order valence-electron chi connectivity index (χ2n) is 4.33. The van der Waals surface area contributed by atoms with Gasteiger partial charge in [-0.05, 0) is 30.5 Å². The highest BCUT2D eigenvalue weighted by atomic mass is 19.2. The molecule has 102 valence electrons. The van der Waals surface area contributed by atoms with Crippen LogP contribution in [0.3, 0.4) is 0 Å². The highest BCUT2D eigenvalue weighted by molar-refractivity contribution is 5.82. The molecule has 0 saturated heterocycles. The van der Waals surface area contributed by atoms with Crippen LogP contribution in [0.4, 0.5) is 19.0 Å². The Kier molecular flexibility index (Phi) is 3.93. The summed E-state index contributed by atoms with van der Waals surface area (Å²) >= 11 is 0. The topological polar surface area (TPSA) is 24.9 Å². The normalized spacial score (nSPS) is 11.0. The van der Waals surface area contributed by atoms with Crippen molar-refractivity contribution in [1.29, 1.82) is 0 Å². The van der Waals surface area contributed by atoms with Crippen LogP contribution in [0.5, 0.6) is 0 Å². The largest absolute Gasteiger partial charge is 0.370 e. The van der Waals surface area contributed by atoms with E-state index in [2.05, 4.69) is 10.3 Å². The first-order valence-electron chi connectivity index (χ1n) is 6.29. The van der Waals surface area contributed by atoms with Crippen molar-refractivity contribution in [3.8, 4) is 0 Å². The number of benzene rings is 1. The van der Waals surface area contributed by atoms with Crippen LogP contribution in [-0.2, 0) is 6.42 Å². The van der Waals surface area contributed by atoms with Crippen molar-refractivity contribution in [3.63, 3.8) is 0 Å². The second-order valence-corrected chi connectivity index (χ2v) is 4.33. The Morgan fingerprint density at radius 1 is 1.11 bits per heavy atom. The maximum Gasteiger partial charge on any atom is 0.196 e. The molecule has 2 nitrogen and oxygen atoms in total. The van der Waals surface area contributed by atoms with E-state index in [1.54, 1.807) is 6.07 Å². The SMILES string of the molecule is CCCNc1nc2c(F)c(F)c(F)cc2cc1CC. The van der Waals surface area contributed by atoms with Gasteiger partial charge in [0.05, 0.1) is 0 Å². The monoisotopic (exact) mass is 268 g/mol. The van der Waals surface area contributed by atoms with Gasteiger partial charge in [0.1, 0.15) is 11.3 Å². The minimum absolute atomic E-state index is 0.144. The molecule has 0 atom stereocenters. The van der Waals surface area contributed by atoms with Gasteiger partial charge in [0.25, 0.3) is 0 Å². The van der Waals surface area contributed by atoms with Crippen LogP contribution in [0.25, 0.3) is 10.9 Å². The Labute approximate surface area is 109 Å². The molecule has 0 spiro atoms. The van der Waals surface area contributed by atoms with Crippen LogP contribution in [0.15, 0.2) is 12.1 Å². The van der Waals surface area contributed by atoms with Crippen LogP contribution < -0.4 is 5.32 Å². The molecule has 1 N–H and O–H groups in total. The number of anilines is 1. The molecule has 1 aromatic carbocycles. The van der Waals surface area contributed by atoms with Gasteiger partial charge < -0.3 is 5.32 Å². The Hall–Kier alpha value is -1.78. The first-order valence-corrected chi connectivity index (χ1v) is 6.29. The zero-order valence-electron chi connectivity index (χ0n) is 10.9. The predicted molar refractivity (Wildman–Crippen MR) is 69.8 cm³/mol. The van der Waals surface area contributed by atoms with Gasteiger partial charge in [-0.1, -0.05) is 13.8 Å². The summed E-state index contributed by atoms with van der Waals surface area (Å²) in [7, 11) is 0. The van der Waals surface area contributed by atoms with Crippen molar-refractivity contribution in [1.82, 2.24) is 4.98 Å². The summed E-state index contributed by atoms with van der Waals surface area (Å²) in [6.07, 6.45) is 1.57. The maximum atomic E-state index is 13.7. The molecule has 0 saturated carbocycles. The van der Waals surface area contributed by atoms with E-state index in [1.165, 1.54) is 0 Å². The molecule has 2 rings (SSSR count). The Balaban J connectivity index is 2.64. The van der Waals surface area contributed by atoms with Crippen molar-refractivity contribution < 1.29 is 13.2 Å². The van der Waals surface area contributed by atoms with E-state index in [9.17, 15) is 13.2 Å². The van der Waals surface area contributed by atoms with E-state index in [4.69, 9.17) is 0 Å². The van der Waals surface area contributed by atoms with Crippen LogP contribution in [-0.4, -0.2) is 11.5 Å². The third-order valence-corrected chi connectivity index (χ3v) is 2.95. The number of hydrogen-bond donors (Lipinski definition) is 1. The average molecular weight is 268 g/mol. The first-order chi connectivity index (χ1) is 9.08. The smallest absolute Gasteiger partial charge is 0.196 e. The number of halogens is 3. The summed E-state index contributed by atoms with van der Waals surface area (Å²) in [5.74, 6) is -3.38. The molecule has 5 heteroatoms. The lowest BCUT2D eigenvalue weighted by molar-refractivity contribution is 0.452. The fourth-order valence-electron chi connectivity index (χ4n) is 1.93. The third-order valence-electron chi connectivity index (χ3n) is 2.95. The summed E-state index contributed by atoms with van der Waals surface area (Å²) in [5, 5.41) is 3.35. The van der Waals surface area contributed by atoms with E-state index in [1.807, 2.05) is 13.8 Å². The Morgan fingerprint density at radius 3 is 2.47 bits per heavy atom. The summed E-state index contributed by atoms with van der Waals surface area (Å²) < 4.78 is 40.1. The zero-order valence-corrected chi connectivity index (χ0v) is 10.9. The highest BCUT2D eigenvalue weighted by Crippen LogP contribution is 2.26. The van der Waals surface area contributed by atoms with Crippen LogP contribution in [0, 0.1) is 17.5 Å². The van der Waals surface area contributed by atoms with Crippen molar-refractivity contribution in [2.45, 2.75) is 26.7 Å². The Bertz CT molecular complexity index is 611. The maximum absolute atomic E-state index is 13.7. The molecule has 19 heavy (non-hydrogen) atoms. The van der Waals surface area contributed by atoms with Crippen LogP contribution in [0.2, 0.25) is 0 Å². The number of hydrogen-bond acceptors (Lipinski definition) is 2. The number of aryl methyl sites for hydroxylation is 1. The summed E-state index contributed by atoms with van der Waals surface area (Å²) in [5.41, 5.74) is 0.709. The summed E-state index contributed by atoms with van der Waals surface area (Å²) in [6, 6.07) is 2.62. The van der Waals surface area contributed by atoms with E-state index in [-0.39, 0.29) is 10.9 Å². The number of fused-ring (bicyclic) bond motifs is 1. The predicted octanol–water partition coefficient (Wildman–Crippen LogP) is 4.04. The van der Waals surface area contributed by atoms with Gasteiger partial charge in [0.2, 0.25) is 0 Å². The van der Waals surface area contributed by atoms with Gasteiger partial charge >= 0.3 is 0 Å². The zero-order chi connectivity index (χ0) is 14.0. The molecule has 2 aromatic rings. The van der Waals surface area contributed by atoms with Crippen LogP contribution in [0.1, 0.15) is 25.8 Å². The molecule has 0 fully saturated rings. The number of rotatable bonds is 4. The average Bonchev–Trinajstić information content (AvgIpc) is 2.42. The summed E-state index contributed by atoms with van der Waals surface area (Å²) in [4.78, 5) is 4.09. The highest BCUT2D eigenvalue weighted by Gasteiger charge is 2.16. The summed E-state index contributed by atoms with van der Waals surface area (Å²) in [6.45, 7) is 4.61. The fraction of sp³-hybridized carbons (Fsp3) is 0.357. The van der Waals surface area contributed by atoms with Crippen LogP contribution >= 0.6 is 0 Å². The molecule has 0 aliphatic rings. The van der Waals surface area contributed by atoms with Crippen molar-refractivity contribution in [3.05, 3.63) is 35.1 Å². The molecule has 0 aliphatic heterocycles. The number of aromatic nitrogens is 1. The lowest BCUT2D eigenvalue weighted by atomic mass is 10.1. The van der Waals surface area contributed by atoms with Gasteiger partial charge in [-0.3, -0.25) is 0 Å². The van der Waals surface area contributed by atoms with E-state index >= 15 is 0 Å². The fourth-order valence-corrected chi connectivity index (χ4v) is 1.93. The van der Waals surface area contributed by atoms with Gasteiger partial charge in [0, 0.05) is 11.9 Å². The molecular formula is C14H15F3N2. The first kappa shape index (κ1) is 13.6. The molecular weight excluding hydrogens is 253 g/mol. The molecule has 0 radical (unpaired) electrons. The van der Waals surface area contributed by atoms with Gasteiger partial charge in [0.15, 0.2) is 17.5 Å². The molecule has 0 aliphatic carbocycles. The molecule has 0 unspecified atom stereocenters. The standard InChI is InChI=1S/C14H15F3N2/c1-3-5-18-14-8(4-2)6-9-7-10(15)11(16)12(17)13(9)19-14/h6-7H,3-5H2,1-2H3,(H,18,19). The van der Waals surface area contributed by atoms with Crippen molar-refractivity contribution in [2.24, 2.45) is 0 Å². The second kappa shape index (κ2) is 5.47. The molecule has 1 heterocycles. The van der Waals surface area contributed by atoms with Gasteiger partial charge in [-0.25, -0.2) is 18.2 Å². The van der Waals surface area contributed by atoms with E-state index < -0.39 is 17.5 Å². The van der Waals surface area contributed by atoms with Gasteiger partial charge in [-0.2, -0.15) is 0 Å². The molecule has 0 amide bonds.